The second-order valence-corrected chi connectivity index (χ2v) is 7.93. The topological polar surface area (TPSA) is 79.5 Å². The maximum atomic E-state index is 12.6. The van der Waals surface area contributed by atoms with E-state index in [0.717, 1.165) is 41.0 Å². The van der Waals surface area contributed by atoms with Gasteiger partial charge >= 0.3 is 0 Å². The lowest BCUT2D eigenvalue weighted by molar-refractivity contribution is -0.122. The molecule has 0 aromatic heterocycles. The van der Waals surface area contributed by atoms with Crippen LogP contribution in [0.15, 0.2) is 72.8 Å². The largest absolute Gasteiger partial charge is 0.381 e. The summed E-state index contributed by atoms with van der Waals surface area (Å²) in [5, 5.41) is 9.30. The van der Waals surface area contributed by atoms with Gasteiger partial charge in [-0.2, -0.15) is 0 Å². The molecule has 0 radical (unpaired) electrons. The predicted octanol–water partition coefficient (Wildman–Crippen LogP) is 5.42. The second kappa shape index (κ2) is 10.1. The summed E-state index contributed by atoms with van der Waals surface area (Å²) in [6.45, 7) is 2.75. The zero-order valence-electron chi connectivity index (χ0n) is 18.1. The van der Waals surface area contributed by atoms with Crippen molar-refractivity contribution in [2.45, 2.75) is 19.8 Å². The number of hydrogen-bond acceptors (Lipinski definition) is 4. The fraction of sp³-hybridized carbons (Fsp3) is 0.231. The first-order chi connectivity index (χ1) is 15.6. The molecule has 0 aliphatic carbocycles. The van der Waals surface area contributed by atoms with Crippen LogP contribution in [0.1, 0.15) is 19.8 Å². The number of anilines is 4. The van der Waals surface area contributed by atoms with Gasteiger partial charge in [0.15, 0.2) is 0 Å². The maximum absolute atomic E-state index is 12.6. The molecule has 1 aliphatic rings. The van der Waals surface area contributed by atoms with Gasteiger partial charge in [-0.15, -0.1) is 0 Å². The summed E-state index contributed by atoms with van der Waals surface area (Å²) in [6, 6.07) is 23.5. The molecule has 0 atom stereocenters. The molecule has 0 saturated carbocycles. The van der Waals surface area contributed by atoms with E-state index in [0.29, 0.717) is 18.9 Å². The Labute approximate surface area is 188 Å². The number of para-hydroxylation sites is 1. The molecule has 3 N–H and O–H groups in total. The van der Waals surface area contributed by atoms with Crippen molar-refractivity contribution < 1.29 is 14.3 Å². The number of benzene rings is 3. The van der Waals surface area contributed by atoms with Crippen molar-refractivity contribution in [2.24, 2.45) is 5.92 Å². The minimum absolute atomic E-state index is 0.0165. The minimum Gasteiger partial charge on any atom is -0.381 e. The van der Waals surface area contributed by atoms with E-state index in [-0.39, 0.29) is 17.7 Å². The number of amides is 2. The SMILES string of the molecule is CC(=O)Nc1cc(Nc2ccccc2)cc(-c2cccc(NC(=O)C3CCOCC3)c2)c1. The van der Waals surface area contributed by atoms with E-state index in [1.807, 2.05) is 72.8 Å². The first kappa shape index (κ1) is 21.6. The summed E-state index contributed by atoms with van der Waals surface area (Å²) < 4.78 is 5.35. The zero-order chi connectivity index (χ0) is 22.3. The van der Waals surface area contributed by atoms with Crippen LogP contribution in [0.2, 0.25) is 0 Å². The van der Waals surface area contributed by atoms with E-state index in [4.69, 9.17) is 4.74 Å². The summed E-state index contributed by atoms with van der Waals surface area (Å²) in [5.74, 6) is -0.119. The van der Waals surface area contributed by atoms with Gasteiger partial charge < -0.3 is 20.7 Å². The Hall–Kier alpha value is -3.64. The van der Waals surface area contributed by atoms with Crippen LogP contribution >= 0.6 is 0 Å². The Morgan fingerprint density at radius 3 is 2.19 bits per heavy atom. The van der Waals surface area contributed by atoms with Crippen molar-refractivity contribution in [3.05, 3.63) is 72.8 Å². The average molecular weight is 430 g/mol. The van der Waals surface area contributed by atoms with Crippen LogP contribution in [0.3, 0.4) is 0 Å². The Bertz CT molecular complexity index is 1090. The fourth-order valence-electron chi connectivity index (χ4n) is 3.81. The lowest BCUT2D eigenvalue weighted by atomic mass is 9.99. The van der Waals surface area contributed by atoms with Crippen LogP contribution in [0.25, 0.3) is 11.1 Å². The van der Waals surface area contributed by atoms with Crippen molar-refractivity contribution in [2.75, 3.05) is 29.2 Å². The molecule has 4 rings (SSSR count). The molecule has 6 nitrogen and oxygen atoms in total. The van der Waals surface area contributed by atoms with Crippen LogP contribution in [-0.2, 0) is 14.3 Å². The molecule has 1 saturated heterocycles. The lowest BCUT2D eigenvalue weighted by Crippen LogP contribution is -2.28. The highest BCUT2D eigenvalue weighted by Crippen LogP contribution is 2.31. The number of nitrogens with one attached hydrogen (secondary N) is 3. The molecular formula is C26H27N3O3. The van der Waals surface area contributed by atoms with Crippen LogP contribution < -0.4 is 16.0 Å². The second-order valence-electron chi connectivity index (χ2n) is 7.93. The molecule has 32 heavy (non-hydrogen) atoms. The van der Waals surface area contributed by atoms with Crippen LogP contribution in [0.5, 0.6) is 0 Å². The van der Waals surface area contributed by atoms with Crippen LogP contribution in [-0.4, -0.2) is 25.0 Å². The molecule has 1 heterocycles. The summed E-state index contributed by atoms with van der Waals surface area (Å²) >= 11 is 0. The third-order valence-corrected chi connectivity index (χ3v) is 5.37. The molecule has 6 heteroatoms. The fourth-order valence-corrected chi connectivity index (χ4v) is 3.81. The first-order valence-electron chi connectivity index (χ1n) is 10.8. The van der Waals surface area contributed by atoms with Gasteiger partial charge in [0.2, 0.25) is 11.8 Å². The molecule has 0 spiro atoms. The summed E-state index contributed by atoms with van der Waals surface area (Å²) in [6.07, 6.45) is 1.50. The quantitative estimate of drug-likeness (QED) is 0.489. The van der Waals surface area contributed by atoms with Gasteiger partial charge in [0.1, 0.15) is 0 Å². The summed E-state index contributed by atoms with van der Waals surface area (Å²) in [5.41, 5.74) is 5.13. The van der Waals surface area contributed by atoms with Crippen molar-refractivity contribution in [3.63, 3.8) is 0 Å². The molecule has 1 fully saturated rings. The number of carbonyl (C=O) groups excluding carboxylic acids is 2. The van der Waals surface area contributed by atoms with Gasteiger partial charge in [-0.1, -0.05) is 30.3 Å². The van der Waals surface area contributed by atoms with Gasteiger partial charge in [-0.3, -0.25) is 9.59 Å². The normalized spacial score (nSPS) is 13.9. The highest BCUT2D eigenvalue weighted by molar-refractivity contribution is 5.94. The molecule has 164 valence electrons. The third kappa shape index (κ3) is 5.74. The zero-order valence-corrected chi connectivity index (χ0v) is 18.1. The van der Waals surface area contributed by atoms with Gasteiger partial charge in [0.25, 0.3) is 0 Å². The highest BCUT2D eigenvalue weighted by atomic mass is 16.5. The highest BCUT2D eigenvalue weighted by Gasteiger charge is 2.21. The summed E-state index contributed by atoms with van der Waals surface area (Å²) in [7, 11) is 0. The van der Waals surface area contributed by atoms with E-state index >= 15 is 0 Å². The predicted molar refractivity (Wildman–Crippen MR) is 128 cm³/mol. The van der Waals surface area contributed by atoms with Gasteiger partial charge in [0.05, 0.1) is 0 Å². The van der Waals surface area contributed by atoms with Gasteiger partial charge in [-0.05, 0) is 66.4 Å². The molecule has 3 aromatic rings. The summed E-state index contributed by atoms with van der Waals surface area (Å²) in [4.78, 5) is 24.3. The van der Waals surface area contributed by atoms with E-state index in [1.165, 1.54) is 6.92 Å². The Morgan fingerprint density at radius 2 is 1.44 bits per heavy atom. The molecule has 2 amide bonds. The first-order valence-corrected chi connectivity index (χ1v) is 10.8. The van der Waals surface area contributed by atoms with Crippen molar-refractivity contribution >= 4 is 34.6 Å². The van der Waals surface area contributed by atoms with E-state index in [9.17, 15) is 9.59 Å². The number of carbonyl (C=O) groups is 2. The van der Waals surface area contributed by atoms with Gasteiger partial charge in [0, 0.05) is 48.8 Å². The molecular weight excluding hydrogens is 402 g/mol. The molecule has 1 aliphatic heterocycles. The standard InChI is InChI=1S/C26H27N3O3/c1-18(30)27-24-15-21(16-25(17-24)28-22-7-3-2-4-8-22)20-6-5-9-23(14-20)29-26(31)19-10-12-32-13-11-19/h2-9,14-17,19,28H,10-13H2,1H3,(H,27,30)(H,29,31). The molecule has 0 bridgehead atoms. The Morgan fingerprint density at radius 1 is 0.750 bits per heavy atom. The van der Waals surface area contributed by atoms with Crippen molar-refractivity contribution in [1.29, 1.82) is 0 Å². The number of ether oxygens (including phenoxy) is 1. The average Bonchev–Trinajstić information content (AvgIpc) is 2.80. The van der Waals surface area contributed by atoms with Crippen molar-refractivity contribution in [3.8, 4) is 11.1 Å². The van der Waals surface area contributed by atoms with Crippen LogP contribution in [0, 0.1) is 5.92 Å². The monoisotopic (exact) mass is 429 g/mol. The van der Waals surface area contributed by atoms with Crippen molar-refractivity contribution in [1.82, 2.24) is 0 Å². The molecule has 3 aromatic carbocycles. The Balaban J connectivity index is 1.60. The van der Waals surface area contributed by atoms with E-state index < -0.39 is 0 Å². The molecule has 0 unspecified atom stereocenters. The minimum atomic E-state index is -0.134. The smallest absolute Gasteiger partial charge is 0.227 e. The Kier molecular flexibility index (Phi) is 6.82. The number of rotatable bonds is 6. The lowest BCUT2D eigenvalue weighted by Gasteiger charge is -2.21. The third-order valence-electron chi connectivity index (χ3n) is 5.37. The number of hydrogen-bond donors (Lipinski definition) is 3. The van der Waals surface area contributed by atoms with E-state index in [2.05, 4.69) is 16.0 Å². The van der Waals surface area contributed by atoms with Gasteiger partial charge in [-0.25, -0.2) is 0 Å². The van der Waals surface area contributed by atoms with Crippen LogP contribution in [0.4, 0.5) is 22.7 Å². The van der Waals surface area contributed by atoms with E-state index in [1.54, 1.807) is 0 Å². The maximum Gasteiger partial charge on any atom is 0.227 e.